The molecule has 2 rings (SSSR count). The van der Waals surface area contributed by atoms with Crippen molar-refractivity contribution in [2.45, 2.75) is 13.0 Å². The zero-order valence-corrected chi connectivity index (χ0v) is 12.8. The fourth-order valence-electron chi connectivity index (χ4n) is 2.22. The Hall–Kier alpha value is -1.71. The third kappa shape index (κ3) is 4.38. The Kier molecular flexibility index (Phi) is 5.48. The van der Waals surface area contributed by atoms with Gasteiger partial charge in [-0.15, -0.1) is 0 Å². The number of ether oxygens (including phenoxy) is 1. The van der Waals surface area contributed by atoms with Crippen molar-refractivity contribution in [2.75, 3.05) is 57.6 Å². The first-order valence-corrected chi connectivity index (χ1v) is 7.10. The Labute approximate surface area is 124 Å². The van der Waals surface area contributed by atoms with Crippen LogP contribution < -0.4 is 21.3 Å². The van der Waals surface area contributed by atoms with Crippen LogP contribution in [0.1, 0.15) is 6.92 Å². The van der Waals surface area contributed by atoms with E-state index in [0.717, 1.165) is 26.2 Å². The number of anilines is 2. The van der Waals surface area contributed by atoms with Crippen LogP contribution in [0.2, 0.25) is 0 Å². The van der Waals surface area contributed by atoms with Crippen LogP contribution in [0, 0.1) is 0 Å². The number of hydrogen-bond acceptors (Lipinski definition) is 9. The van der Waals surface area contributed by atoms with E-state index in [2.05, 4.69) is 49.6 Å². The average Bonchev–Trinajstić information content (AvgIpc) is 2.48. The summed E-state index contributed by atoms with van der Waals surface area (Å²) in [6.07, 6.45) is 0. The largest absolute Gasteiger partial charge is 0.464 e. The molecule has 4 N–H and O–H groups in total. The zero-order valence-electron chi connectivity index (χ0n) is 12.8. The molecule has 1 aliphatic rings. The molecule has 118 valence electrons. The highest BCUT2D eigenvalue weighted by Gasteiger charge is 2.22. The van der Waals surface area contributed by atoms with Crippen molar-refractivity contribution in [2.24, 2.45) is 5.84 Å². The lowest BCUT2D eigenvalue weighted by molar-refractivity contribution is 0.121. The standard InChI is InChI=1S/C12H24N8O/c1-4-21-12-16-10(15-11(17-12)18-13)14-7-9-8-19(2)5-6-20(9)3/h9H,4-8,13H2,1-3H3,(H2,14,15,16,17,18). The summed E-state index contributed by atoms with van der Waals surface area (Å²) in [6.45, 7) is 6.27. The number of nitrogens with one attached hydrogen (secondary N) is 2. The maximum Gasteiger partial charge on any atom is 0.323 e. The van der Waals surface area contributed by atoms with Crippen LogP contribution in [0.3, 0.4) is 0 Å². The number of piperazine rings is 1. The Morgan fingerprint density at radius 3 is 2.71 bits per heavy atom. The number of rotatable bonds is 6. The molecule has 9 heteroatoms. The summed E-state index contributed by atoms with van der Waals surface area (Å²) >= 11 is 0. The highest BCUT2D eigenvalue weighted by Crippen LogP contribution is 2.12. The van der Waals surface area contributed by atoms with Crippen LogP contribution in [0.25, 0.3) is 0 Å². The van der Waals surface area contributed by atoms with Crippen LogP contribution in [0.4, 0.5) is 11.9 Å². The second kappa shape index (κ2) is 7.34. The first kappa shape index (κ1) is 15.7. The van der Waals surface area contributed by atoms with E-state index in [-0.39, 0.29) is 12.0 Å². The molecule has 0 aliphatic carbocycles. The van der Waals surface area contributed by atoms with Crippen LogP contribution >= 0.6 is 0 Å². The van der Waals surface area contributed by atoms with E-state index in [0.29, 0.717) is 18.6 Å². The van der Waals surface area contributed by atoms with E-state index in [9.17, 15) is 0 Å². The molecular weight excluding hydrogens is 272 g/mol. The number of nitrogens with zero attached hydrogens (tertiary/aromatic N) is 5. The van der Waals surface area contributed by atoms with Gasteiger partial charge >= 0.3 is 6.01 Å². The number of likely N-dealkylation sites (N-methyl/N-ethyl adjacent to an activating group) is 2. The second-order valence-corrected chi connectivity index (χ2v) is 5.12. The molecule has 1 aromatic heterocycles. The van der Waals surface area contributed by atoms with Crippen molar-refractivity contribution in [1.82, 2.24) is 24.8 Å². The van der Waals surface area contributed by atoms with Gasteiger partial charge in [0.25, 0.3) is 0 Å². The minimum atomic E-state index is 0.261. The molecule has 1 aliphatic heterocycles. The lowest BCUT2D eigenvalue weighted by Gasteiger charge is -2.37. The maximum atomic E-state index is 5.36. The summed E-state index contributed by atoms with van der Waals surface area (Å²) in [5.41, 5.74) is 2.42. The van der Waals surface area contributed by atoms with Gasteiger partial charge in [-0.3, -0.25) is 10.3 Å². The minimum Gasteiger partial charge on any atom is -0.464 e. The molecule has 2 heterocycles. The first-order chi connectivity index (χ1) is 10.1. The quantitative estimate of drug-likeness (QED) is 0.460. The fraction of sp³-hybridized carbons (Fsp3) is 0.750. The van der Waals surface area contributed by atoms with E-state index in [1.54, 1.807) is 0 Å². The minimum absolute atomic E-state index is 0.261. The SMILES string of the molecule is CCOc1nc(NN)nc(NCC2CN(C)CCN2C)n1. The lowest BCUT2D eigenvalue weighted by Crippen LogP contribution is -2.52. The molecule has 1 fully saturated rings. The molecule has 21 heavy (non-hydrogen) atoms. The van der Waals surface area contributed by atoms with Crippen LogP contribution in [0.15, 0.2) is 0 Å². The number of nitrogens with two attached hydrogens (primary N) is 1. The average molecular weight is 296 g/mol. The van der Waals surface area contributed by atoms with E-state index < -0.39 is 0 Å². The van der Waals surface area contributed by atoms with E-state index in [4.69, 9.17) is 10.6 Å². The van der Waals surface area contributed by atoms with Gasteiger partial charge in [-0.25, -0.2) is 5.84 Å². The van der Waals surface area contributed by atoms with Crippen LogP contribution in [-0.4, -0.2) is 77.7 Å². The molecule has 1 unspecified atom stereocenters. The van der Waals surface area contributed by atoms with Gasteiger partial charge in [0.2, 0.25) is 11.9 Å². The summed E-state index contributed by atoms with van der Waals surface area (Å²) in [7, 11) is 4.26. The highest BCUT2D eigenvalue weighted by molar-refractivity contribution is 5.35. The van der Waals surface area contributed by atoms with Gasteiger partial charge in [0.1, 0.15) is 0 Å². The number of hydrazine groups is 1. The van der Waals surface area contributed by atoms with E-state index >= 15 is 0 Å². The Bertz CT molecular complexity index is 457. The van der Waals surface area contributed by atoms with Crippen molar-refractivity contribution in [3.8, 4) is 6.01 Å². The van der Waals surface area contributed by atoms with E-state index in [1.165, 1.54) is 0 Å². The van der Waals surface area contributed by atoms with E-state index in [1.807, 2.05) is 6.92 Å². The Morgan fingerprint density at radius 1 is 1.24 bits per heavy atom. The Balaban J connectivity index is 1.99. The summed E-state index contributed by atoms with van der Waals surface area (Å²) in [5.74, 6) is 6.11. The smallest absolute Gasteiger partial charge is 0.323 e. The summed E-state index contributed by atoms with van der Waals surface area (Å²) in [5, 5.41) is 3.23. The van der Waals surface area contributed by atoms with Gasteiger partial charge in [0.15, 0.2) is 0 Å². The van der Waals surface area contributed by atoms with Crippen molar-refractivity contribution in [3.63, 3.8) is 0 Å². The predicted octanol–water partition coefficient (Wildman–Crippen LogP) is -0.786. The molecule has 1 aromatic rings. The Morgan fingerprint density at radius 2 is 2.00 bits per heavy atom. The van der Waals surface area contributed by atoms with Crippen molar-refractivity contribution in [1.29, 1.82) is 0 Å². The fourth-order valence-corrected chi connectivity index (χ4v) is 2.22. The number of hydrogen-bond donors (Lipinski definition) is 3. The van der Waals surface area contributed by atoms with Gasteiger partial charge in [-0.1, -0.05) is 0 Å². The summed E-state index contributed by atoms with van der Waals surface area (Å²) in [4.78, 5) is 17.1. The van der Waals surface area contributed by atoms with Crippen molar-refractivity contribution < 1.29 is 4.74 Å². The molecule has 1 saturated heterocycles. The normalized spacial score (nSPS) is 20.3. The molecule has 0 amide bonds. The third-order valence-corrected chi connectivity index (χ3v) is 3.49. The van der Waals surface area contributed by atoms with Gasteiger partial charge in [0, 0.05) is 32.2 Å². The van der Waals surface area contributed by atoms with Gasteiger partial charge in [-0.05, 0) is 21.0 Å². The summed E-state index contributed by atoms with van der Waals surface area (Å²) < 4.78 is 5.30. The van der Waals surface area contributed by atoms with Crippen molar-refractivity contribution in [3.05, 3.63) is 0 Å². The lowest BCUT2D eigenvalue weighted by atomic mass is 10.2. The molecule has 0 aromatic carbocycles. The second-order valence-electron chi connectivity index (χ2n) is 5.12. The molecule has 0 bridgehead atoms. The zero-order chi connectivity index (χ0) is 15.2. The molecule has 9 nitrogen and oxygen atoms in total. The topological polar surface area (TPSA) is 104 Å². The van der Waals surface area contributed by atoms with Crippen molar-refractivity contribution >= 4 is 11.9 Å². The third-order valence-electron chi connectivity index (χ3n) is 3.49. The number of aromatic nitrogens is 3. The van der Waals surface area contributed by atoms with Crippen LogP contribution in [-0.2, 0) is 0 Å². The number of nitrogen functional groups attached to an aromatic ring is 1. The highest BCUT2D eigenvalue weighted by atomic mass is 16.5. The molecule has 0 saturated carbocycles. The monoisotopic (exact) mass is 296 g/mol. The maximum absolute atomic E-state index is 5.36. The predicted molar refractivity (Wildman–Crippen MR) is 81.2 cm³/mol. The van der Waals surface area contributed by atoms with Gasteiger partial charge in [0.05, 0.1) is 6.61 Å². The first-order valence-electron chi connectivity index (χ1n) is 7.10. The summed E-state index contributed by atoms with van der Waals surface area (Å²) in [6, 6.07) is 0.669. The molecular formula is C12H24N8O. The van der Waals surface area contributed by atoms with Crippen LogP contribution in [0.5, 0.6) is 6.01 Å². The molecule has 0 spiro atoms. The molecule has 1 atom stereocenters. The van der Waals surface area contributed by atoms with Gasteiger partial charge in [-0.2, -0.15) is 15.0 Å². The van der Waals surface area contributed by atoms with Gasteiger partial charge < -0.3 is 15.0 Å². The molecule has 0 radical (unpaired) electrons.